The highest BCUT2D eigenvalue weighted by Gasteiger charge is 2.04. The molecular weight excluding hydrogens is 393 g/mol. The summed E-state index contributed by atoms with van der Waals surface area (Å²) in [6.07, 6.45) is 1.45. The second-order valence-corrected chi connectivity index (χ2v) is 5.08. The Labute approximate surface area is 114 Å². The maximum atomic E-state index is 9.68. The summed E-state index contributed by atoms with van der Waals surface area (Å²) in [5.74, 6) is 0.173. The molecule has 0 radical (unpaired) electrons. The summed E-state index contributed by atoms with van der Waals surface area (Å²) >= 11 is 9.92. The van der Waals surface area contributed by atoms with Crippen molar-refractivity contribution in [3.8, 4) is 5.75 Å². The lowest BCUT2D eigenvalue weighted by Crippen LogP contribution is -2.24. The number of rotatable bonds is 2. The van der Waals surface area contributed by atoms with E-state index < -0.39 is 0 Å². The molecule has 0 fully saturated rings. The molecule has 0 atom stereocenters. The summed E-state index contributed by atoms with van der Waals surface area (Å²) in [6, 6.07) is 3.54. The normalized spacial score (nSPS) is 10.5. The lowest BCUT2D eigenvalue weighted by molar-refractivity contribution is 0.470. The molecule has 0 saturated carbocycles. The van der Waals surface area contributed by atoms with Gasteiger partial charge in [-0.25, -0.2) is 0 Å². The van der Waals surface area contributed by atoms with Crippen molar-refractivity contribution >= 4 is 62.1 Å². The second-order valence-electron chi connectivity index (χ2n) is 2.56. The first-order chi connectivity index (χ1) is 7.00. The molecule has 0 aliphatic heterocycles. The van der Waals surface area contributed by atoms with Crippen molar-refractivity contribution in [3.05, 3.63) is 25.7 Å². The van der Waals surface area contributed by atoms with Gasteiger partial charge in [-0.1, -0.05) is 15.9 Å². The highest BCUT2D eigenvalue weighted by molar-refractivity contribution is 14.1. The zero-order valence-corrected chi connectivity index (χ0v) is 11.9. The number of aromatic hydroxyl groups is 1. The average Bonchev–Trinajstić information content (AvgIpc) is 2.12. The van der Waals surface area contributed by atoms with Crippen molar-refractivity contribution in [2.24, 2.45) is 10.8 Å². The van der Waals surface area contributed by atoms with Crippen LogP contribution in [0.5, 0.6) is 5.75 Å². The van der Waals surface area contributed by atoms with Gasteiger partial charge in [0.15, 0.2) is 5.11 Å². The van der Waals surface area contributed by atoms with E-state index in [0.29, 0.717) is 5.56 Å². The molecule has 1 aromatic carbocycles. The van der Waals surface area contributed by atoms with E-state index in [2.05, 4.69) is 38.7 Å². The second kappa shape index (κ2) is 5.61. The molecule has 0 saturated heterocycles. The summed E-state index contributed by atoms with van der Waals surface area (Å²) in [4.78, 5) is 0. The number of thiocarbonyl (C=S) groups is 1. The van der Waals surface area contributed by atoms with E-state index in [0.717, 1.165) is 8.04 Å². The van der Waals surface area contributed by atoms with E-state index in [4.69, 9.17) is 5.73 Å². The Morgan fingerprint density at radius 1 is 1.67 bits per heavy atom. The quantitative estimate of drug-likeness (QED) is 0.307. The monoisotopic (exact) mass is 399 g/mol. The van der Waals surface area contributed by atoms with Gasteiger partial charge in [0.25, 0.3) is 0 Å². The van der Waals surface area contributed by atoms with Crippen LogP contribution in [0.2, 0.25) is 0 Å². The number of nitrogens with one attached hydrogen (secondary N) is 1. The molecule has 0 heterocycles. The van der Waals surface area contributed by atoms with Crippen molar-refractivity contribution in [3.63, 3.8) is 0 Å². The number of hydrogen-bond acceptors (Lipinski definition) is 3. The van der Waals surface area contributed by atoms with Gasteiger partial charge < -0.3 is 10.8 Å². The first-order valence-corrected chi connectivity index (χ1v) is 6.05. The molecule has 15 heavy (non-hydrogen) atoms. The minimum absolute atomic E-state index is 0.0791. The fourth-order valence-electron chi connectivity index (χ4n) is 0.850. The summed E-state index contributed by atoms with van der Waals surface area (Å²) in [7, 11) is 0. The van der Waals surface area contributed by atoms with Crippen molar-refractivity contribution in [1.29, 1.82) is 0 Å². The molecule has 0 unspecified atom stereocenters. The first kappa shape index (κ1) is 12.7. The highest BCUT2D eigenvalue weighted by atomic mass is 127. The third-order valence-corrected chi connectivity index (χ3v) is 2.81. The number of halogens is 2. The predicted molar refractivity (Wildman–Crippen MR) is 76.0 cm³/mol. The largest absolute Gasteiger partial charge is 0.506 e. The number of nitrogens with zero attached hydrogens (tertiary/aromatic N) is 1. The fraction of sp³-hybridized carbons (Fsp3) is 0. The number of phenolic OH excluding ortho intramolecular Hbond substituents is 1. The van der Waals surface area contributed by atoms with Crippen LogP contribution in [0, 0.1) is 3.57 Å². The number of nitrogens with two attached hydrogens (primary N) is 1. The van der Waals surface area contributed by atoms with Gasteiger partial charge in [-0.05, 0) is 46.9 Å². The van der Waals surface area contributed by atoms with E-state index in [-0.39, 0.29) is 10.9 Å². The number of benzene rings is 1. The third-order valence-electron chi connectivity index (χ3n) is 1.44. The van der Waals surface area contributed by atoms with Gasteiger partial charge in [-0.3, -0.25) is 5.43 Å². The molecule has 1 aromatic rings. The van der Waals surface area contributed by atoms with Crippen LogP contribution in [0.1, 0.15) is 5.56 Å². The molecular formula is C8H7BrIN3OS. The molecule has 0 aliphatic rings. The lowest BCUT2D eigenvalue weighted by Gasteiger charge is -2.02. The molecule has 1 rings (SSSR count). The summed E-state index contributed by atoms with van der Waals surface area (Å²) < 4.78 is 1.60. The van der Waals surface area contributed by atoms with Crippen LogP contribution in [0.3, 0.4) is 0 Å². The lowest BCUT2D eigenvalue weighted by atomic mass is 10.2. The fourth-order valence-corrected chi connectivity index (χ4v) is 2.45. The maximum Gasteiger partial charge on any atom is 0.184 e. The zero-order valence-electron chi connectivity index (χ0n) is 7.37. The Bertz CT molecular complexity index is 425. The molecule has 7 heteroatoms. The SMILES string of the molecule is NC(=S)NN=Cc1cc(Br)cc(I)c1O. The van der Waals surface area contributed by atoms with Crippen LogP contribution in [0.25, 0.3) is 0 Å². The predicted octanol–water partition coefficient (Wildman–Crippen LogP) is 1.93. The topological polar surface area (TPSA) is 70.6 Å². The standard InChI is InChI=1S/C8H7BrIN3OS/c9-5-1-4(3-12-13-8(11)15)7(14)6(10)2-5/h1-3,14H,(H3,11,13,15). The molecule has 0 amide bonds. The van der Waals surface area contributed by atoms with E-state index in [1.807, 2.05) is 22.6 Å². The molecule has 4 N–H and O–H groups in total. The van der Waals surface area contributed by atoms with Crippen LogP contribution in [0.4, 0.5) is 0 Å². The van der Waals surface area contributed by atoms with Gasteiger partial charge in [-0.2, -0.15) is 5.10 Å². The first-order valence-electron chi connectivity index (χ1n) is 3.77. The summed E-state index contributed by atoms with van der Waals surface area (Å²) in [5, 5.41) is 13.5. The molecule has 0 bridgehead atoms. The van der Waals surface area contributed by atoms with Crippen LogP contribution in [-0.2, 0) is 0 Å². The summed E-state index contributed by atoms with van der Waals surface area (Å²) in [6.45, 7) is 0. The van der Waals surface area contributed by atoms with Gasteiger partial charge in [0, 0.05) is 10.0 Å². The van der Waals surface area contributed by atoms with Gasteiger partial charge >= 0.3 is 0 Å². The third kappa shape index (κ3) is 3.92. The molecule has 0 aliphatic carbocycles. The average molecular weight is 400 g/mol. The Morgan fingerprint density at radius 2 is 2.33 bits per heavy atom. The van der Waals surface area contributed by atoms with Crippen molar-refractivity contribution in [2.75, 3.05) is 0 Å². The molecule has 80 valence electrons. The van der Waals surface area contributed by atoms with E-state index in [1.54, 1.807) is 12.1 Å². The number of hydrogen-bond donors (Lipinski definition) is 3. The van der Waals surface area contributed by atoms with Crippen LogP contribution in [0.15, 0.2) is 21.7 Å². The Kier molecular flexibility index (Phi) is 4.74. The van der Waals surface area contributed by atoms with E-state index in [9.17, 15) is 5.11 Å². The van der Waals surface area contributed by atoms with Crippen LogP contribution in [-0.4, -0.2) is 16.4 Å². The maximum absolute atomic E-state index is 9.68. The van der Waals surface area contributed by atoms with Crippen LogP contribution >= 0.6 is 50.7 Å². The minimum atomic E-state index is 0.0791. The van der Waals surface area contributed by atoms with E-state index >= 15 is 0 Å². The highest BCUT2D eigenvalue weighted by Crippen LogP contribution is 2.27. The molecule has 4 nitrogen and oxygen atoms in total. The van der Waals surface area contributed by atoms with Crippen molar-refractivity contribution in [1.82, 2.24) is 5.43 Å². The van der Waals surface area contributed by atoms with Crippen LogP contribution < -0.4 is 11.2 Å². The van der Waals surface area contributed by atoms with Gasteiger partial charge in [0.2, 0.25) is 0 Å². The Morgan fingerprint density at radius 3 is 2.93 bits per heavy atom. The van der Waals surface area contributed by atoms with Crippen molar-refractivity contribution < 1.29 is 5.11 Å². The van der Waals surface area contributed by atoms with Gasteiger partial charge in [0.05, 0.1) is 9.78 Å². The van der Waals surface area contributed by atoms with Gasteiger partial charge in [0.1, 0.15) is 5.75 Å². The number of phenols is 1. The Balaban J connectivity index is 2.94. The number of hydrazone groups is 1. The smallest absolute Gasteiger partial charge is 0.184 e. The Hall–Kier alpha value is -0.410. The summed E-state index contributed by atoms with van der Waals surface area (Å²) in [5.41, 5.74) is 8.18. The van der Waals surface area contributed by atoms with E-state index in [1.165, 1.54) is 6.21 Å². The zero-order chi connectivity index (χ0) is 11.4. The molecule has 0 spiro atoms. The van der Waals surface area contributed by atoms with Gasteiger partial charge in [-0.15, -0.1) is 0 Å². The molecule has 0 aromatic heterocycles. The minimum Gasteiger partial charge on any atom is -0.506 e. The van der Waals surface area contributed by atoms with Crippen molar-refractivity contribution in [2.45, 2.75) is 0 Å².